The van der Waals surface area contributed by atoms with Crippen molar-refractivity contribution in [3.8, 4) is 0 Å². The number of hydrogen-bond donors (Lipinski definition) is 3. The van der Waals surface area contributed by atoms with Crippen LogP contribution < -0.4 is 10.0 Å². The van der Waals surface area contributed by atoms with E-state index in [0.29, 0.717) is 0 Å². The average molecular weight is 380 g/mol. The van der Waals surface area contributed by atoms with Gasteiger partial charge in [-0.1, -0.05) is 30.3 Å². The number of amides is 1. The smallest absolute Gasteiger partial charge is 0.326 e. The number of carboxylic acid groups (broad SMARTS) is 1. The molecule has 26 heavy (non-hydrogen) atoms. The van der Waals surface area contributed by atoms with Crippen molar-refractivity contribution in [1.82, 2.24) is 19.8 Å². The van der Waals surface area contributed by atoms with Crippen molar-refractivity contribution < 1.29 is 23.1 Å². The number of nitrogens with one attached hydrogen (secondary N) is 2. The quantitative estimate of drug-likeness (QED) is 0.586. The van der Waals surface area contributed by atoms with Gasteiger partial charge in [0.15, 0.2) is 0 Å². The first-order chi connectivity index (χ1) is 12.2. The van der Waals surface area contributed by atoms with E-state index in [1.165, 1.54) is 17.8 Å². The van der Waals surface area contributed by atoms with Crippen LogP contribution in [0.15, 0.2) is 47.6 Å². The van der Waals surface area contributed by atoms with Gasteiger partial charge in [0.2, 0.25) is 15.9 Å². The predicted molar refractivity (Wildman–Crippen MR) is 92.7 cm³/mol. The SMILES string of the molecule is CC(NS(=O)(=O)c1cnn(C)c1)C(=O)N[C@@H](Cc1ccccc1)C(=O)O. The average Bonchev–Trinajstić information content (AvgIpc) is 3.02. The van der Waals surface area contributed by atoms with Crippen LogP contribution in [0, 0.1) is 0 Å². The zero-order valence-electron chi connectivity index (χ0n) is 14.3. The monoisotopic (exact) mass is 380 g/mol. The van der Waals surface area contributed by atoms with E-state index in [1.54, 1.807) is 37.4 Å². The Bertz CT molecular complexity index is 879. The molecular weight excluding hydrogens is 360 g/mol. The lowest BCUT2D eigenvalue weighted by Crippen LogP contribution is -2.50. The van der Waals surface area contributed by atoms with Gasteiger partial charge in [0.05, 0.1) is 12.2 Å². The Morgan fingerprint density at radius 2 is 1.92 bits per heavy atom. The summed E-state index contributed by atoms with van der Waals surface area (Å²) >= 11 is 0. The van der Waals surface area contributed by atoms with E-state index in [-0.39, 0.29) is 11.3 Å². The van der Waals surface area contributed by atoms with Gasteiger partial charge in [0.25, 0.3) is 0 Å². The molecule has 0 fully saturated rings. The number of nitrogens with zero attached hydrogens (tertiary/aromatic N) is 2. The number of sulfonamides is 1. The van der Waals surface area contributed by atoms with Crippen LogP contribution in [-0.2, 0) is 33.1 Å². The number of aryl methyl sites for hydroxylation is 1. The van der Waals surface area contributed by atoms with Crippen LogP contribution in [0.4, 0.5) is 0 Å². The lowest BCUT2D eigenvalue weighted by molar-refractivity contribution is -0.141. The molecule has 0 aliphatic heterocycles. The maximum Gasteiger partial charge on any atom is 0.326 e. The molecule has 2 aromatic rings. The third-order valence-electron chi connectivity index (χ3n) is 3.61. The minimum Gasteiger partial charge on any atom is -0.480 e. The molecule has 0 aliphatic rings. The molecule has 9 nitrogen and oxygen atoms in total. The fourth-order valence-electron chi connectivity index (χ4n) is 2.24. The largest absolute Gasteiger partial charge is 0.480 e. The van der Waals surface area contributed by atoms with Crippen molar-refractivity contribution in [2.24, 2.45) is 7.05 Å². The first kappa shape index (κ1) is 19.6. The Morgan fingerprint density at radius 3 is 2.46 bits per heavy atom. The highest BCUT2D eigenvalue weighted by Gasteiger charge is 2.27. The Hall–Kier alpha value is -2.72. The number of rotatable bonds is 8. The lowest BCUT2D eigenvalue weighted by Gasteiger charge is -2.18. The van der Waals surface area contributed by atoms with Crippen molar-refractivity contribution in [2.75, 3.05) is 0 Å². The van der Waals surface area contributed by atoms with Gasteiger partial charge in [-0.2, -0.15) is 9.82 Å². The van der Waals surface area contributed by atoms with Gasteiger partial charge in [-0.3, -0.25) is 9.48 Å². The van der Waals surface area contributed by atoms with Gasteiger partial charge >= 0.3 is 5.97 Å². The van der Waals surface area contributed by atoms with Crippen molar-refractivity contribution in [3.63, 3.8) is 0 Å². The van der Waals surface area contributed by atoms with Gasteiger partial charge in [-0.05, 0) is 12.5 Å². The maximum atomic E-state index is 12.2. The van der Waals surface area contributed by atoms with E-state index in [2.05, 4.69) is 15.1 Å². The summed E-state index contributed by atoms with van der Waals surface area (Å²) in [5.74, 6) is -1.94. The van der Waals surface area contributed by atoms with Gasteiger partial charge in [0, 0.05) is 19.7 Å². The molecule has 140 valence electrons. The van der Waals surface area contributed by atoms with E-state index >= 15 is 0 Å². The minimum absolute atomic E-state index is 0.0845. The molecule has 0 saturated carbocycles. The Balaban J connectivity index is 2.03. The molecule has 0 bridgehead atoms. The third kappa shape index (κ3) is 5.14. The Morgan fingerprint density at radius 1 is 1.27 bits per heavy atom. The molecule has 2 rings (SSSR count). The molecule has 0 saturated heterocycles. The molecule has 2 atom stereocenters. The second-order valence-electron chi connectivity index (χ2n) is 5.78. The fraction of sp³-hybridized carbons (Fsp3) is 0.312. The van der Waals surface area contributed by atoms with Crippen molar-refractivity contribution >= 4 is 21.9 Å². The van der Waals surface area contributed by atoms with Gasteiger partial charge in [-0.25, -0.2) is 13.2 Å². The number of aliphatic carboxylic acids is 1. The number of aromatic nitrogens is 2. The van der Waals surface area contributed by atoms with Crippen LogP contribution in [0.2, 0.25) is 0 Å². The molecule has 1 unspecified atom stereocenters. The first-order valence-electron chi connectivity index (χ1n) is 7.77. The number of carboxylic acids is 1. The van der Waals surface area contributed by atoms with E-state index in [9.17, 15) is 23.1 Å². The second kappa shape index (κ2) is 8.11. The molecule has 0 spiro atoms. The maximum absolute atomic E-state index is 12.2. The zero-order chi connectivity index (χ0) is 19.3. The molecule has 10 heteroatoms. The highest BCUT2D eigenvalue weighted by Crippen LogP contribution is 2.08. The van der Waals surface area contributed by atoms with Gasteiger partial charge in [0.1, 0.15) is 10.9 Å². The highest BCUT2D eigenvalue weighted by atomic mass is 32.2. The summed E-state index contributed by atoms with van der Waals surface area (Å²) in [7, 11) is -2.37. The summed E-state index contributed by atoms with van der Waals surface area (Å²) in [4.78, 5) is 23.6. The molecule has 1 aromatic carbocycles. The predicted octanol–water partition coefficient (Wildman–Crippen LogP) is -0.101. The Labute approximate surface area is 151 Å². The molecule has 1 heterocycles. The summed E-state index contributed by atoms with van der Waals surface area (Å²) in [6.45, 7) is 1.34. The topological polar surface area (TPSA) is 130 Å². The second-order valence-corrected chi connectivity index (χ2v) is 7.50. The summed E-state index contributed by atoms with van der Waals surface area (Å²) in [6, 6.07) is 6.50. The van der Waals surface area contributed by atoms with Gasteiger partial charge in [-0.15, -0.1) is 0 Å². The third-order valence-corrected chi connectivity index (χ3v) is 5.11. The molecule has 1 aromatic heterocycles. The summed E-state index contributed by atoms with van der Waals surface area (Å²) in [6.07, 6.45) is 2.54. The van der Waals surface area contributed by atoms with Crippen molar-refractivity contribution in [2.45, 2.75) is 30.3 Å². The van der Waals surface area contributed by atoms with Crippen LogP contribution in [-0.4, -0.2) is 47.3 Å². The fourth-order valence-corrected chi connectivity index (χ4v) is 3.42. The first-order valence-corrected chi connectivity index (χ1v) is 9.25. The Kier molecular flexibility index (Phi) is 6.11. The summed E-state index contributed by atoms with van der Waals surface area (Å²) < 4.78 is 27.9. The normalized spacial score (nSPS) is 13.8. The lowest BCUT2D eigenvalue weighted by atomic mass is 10.1. The number of carbonyl (C=O) groups is 2. The van der Waals surface area contributed by atoms with Crippen LogP contribution in [0.5, 0.6) is 0 Å². The van der Waals surface area contributed by atoms with E-state index in [1.807, 2.05) is 0 Å². The molecule has 1 amide bonds. The molecule has 3 N–H and O–H groups in total. The number of hydrogen-bond acceptors (Lipinski definition) is 5. The number of carbonyl (C=O) groups excluding carboxylic acids is 1. The van der Waals surface area contributed by atoms with Crippen LogP contribution in [0.1, 0.15) is 12.5 Å². The van der Waals surface area contributed by atoms with E-state index in [0.717, 1.165) is 11.8 Å². The minimum atomic E-state index is -3.94. The zero-order valence-corrected chi connectivity index (χ0v) is 15.1. The van der Waals surface area contributed by atoms with Crippen LogP contribution in [0.25, 0.3) is 0 Å². The molecule has 0 radical (unpaired) electrons. The van der Waals surface area contributed by atoms with Crippen molar-refractivity contribution in [1.29, 1.82) is 0 Å². The number of benzene rings is 1. The molecule has 0 aliphatic carbocycles. The highest BCUT2D eigenvalue weighted by molar-refractivity contribution is 7.89. The van der Waals surface area contributed by atoms with Crippen molar-refractivity contribution in [3.05, 3.63) is 48.3 Å². The standard InChI is InChI=1S/C16H20N4O5S/c1-11(19-26(24,25)13-9-17-20(2)10-13)15(21)18-14(16(22)23)8-12-6-4-3-5-7-12/h3-7,9-11,14,19H,8H2,1-2H3,(H,18,21)(H,22,23)/t11?,14-/m0/s1. The molecular formula is C16H20N4O5S. The van der Waals surface area contributed by atoms with Crippen LogP contribution in [0.3, 0.4) is 0 Å². The van der Waals surface area contributed by atoms with Gasteiger partial charge < -0.3 is 10.4 Å². The summed E-state index contributed by atoms with van der Waals surface area (Å²) in [5.41, 5.74) is 0.740. The van der Waals surface area contributed by atoms with E-state index < -0.39 is 34.0 Å². The summed E-state index contributed by atoms with van der Waals surface area (Å²) in [5, 5.41) is 15.4. The van der Waals surface area contributed by atoms with Crippen LogP contribution >= 0.6 is 0 Å². The van der Waals surface area contributed by atoms with E-state index in [4.69, 9.17) is 0 Å².